The number of nitro groups is 1. The summed E-state index contributed by atoms with van der Waals surface area (Å²) in [5, 5.41) is 23.3. The average molecular weight is 458 g/mol. The van der Waals surface area contributed by atoms with Crippen molar-refractivity contribution in [3.05, 3.63) is 73.7 Å². The van der Waals surface area contributed by atoms with Gasteiger partial charge in [0.05, 0.1) is 4.92 Å². The predicted molar refractivity (Wildman–Crippen MR) is 117 cm³/mol. The second-order valence-corrected chi connectivity index (χ2v) is 8.49. The number of nitrogens with one attached hydrogen (secondary N) is 1. The number of benzene rings is 2. The van der Waals surface area contributed by atoms with Crippen LogP contribution in [0.1, 0.15) is 33.3 Å². The van der Waals surface area contributed by atoms with Crippen molar-refractivity contribution in [2.45, 2.75) is 19.3 Å². The molecule has 1 aliphatic heterocycles. The van der Waals surface area contributed by atoms with Gasteiger partial charge in [-0.25, -0.2) is 0 Å². The highest BCUT2D eigenvalue weighted by Crippen LogP contribution is 2.34. The van der Waals surface area contributed by atoms with Gasteiger partial charge in [-0.05, 0) is 43.3 Å². The number of anilines is 2. The van der Waals surface area contributed by atoms with Gasteiger partial charge >= 0.3 is 0 Å². The first-order valence-electron chi connectivity index (χ1n) is 9.27. The van der Waals surface area contributed by atoms with E-state index in [0.29, 0.717) is 33.7 Å². The minimum absolute atomic E-state index is 0.0190. The van der Waals surface area contributed by atoms with E-state index >= 15 is 0 Å². The summed E-state index contributed by atoms with van der Waals surface area (Å²) >= 11 is 7.12. The third-order valence-electron chi connectivity index (χ3n) is 4.93. The zero-order valence-corrected chi connectivity index (χ0v) is 17.8. The summed E-state index contributed by atoms with van der Waals surface area (Å²) in [4.78, 5) is 37.0. The van der Waals surface area contributed by atoms with Gasteiger partial charge in [-0.1, -0.05) is 22.9 Å². The van der Waals surface area contributed by atoms with Crippen molar-refractivity contribution in [1.29, 1.82) is 0 Å². The van der Waals surface area contributed by atoms with Crippen LogP contribution in [0.4, 0.5) is 16.5 Å². The molecule has 1 fully saturated rings. The van der Waals surface area contributed by atoms with Crippen LogP contribution < -0.4 is 10.2 Å². The molecule has 9 nitrogen and oxygen atoms in total. The van der Waals surface area contributed by atoms with Crippen molar-refractivity contribution in [1.82, 2.24) is 10.2 Å². The molecule has 1 atom stereocenters. The topological polar surface area (TPSA) is 118 Å². The van der Waals surface area contributed by atoms with E-state index in [1.807, 2.05) is 0 Å². The summed E-state index contributed by atoms with van der Waals surface area (Å²) in [5.74, 6) is -0.589. The van der Waals surface area contributed by atoms with Gasteiger partial charge in [0.1, 0.15) is 5.01 Å². The molecule has 0 saturated carbocycles. The van der Waals surface area contributed by atoms with E-state index in [-0.39, 0.29) is 23.1 Å². The molecule has 1 N–H and O–H groups in total. The van der Waals surface area contributed by atoms with Gasteiger partial charge in [-0.3, -0.25) is 25.0 Å². The molecular formula is C20H16ClN5O4S. The first kappa shape index (κ1) is 20.9. The predicted octanol–water partition coefficient (Wildman–Crippen LogP) is 4.18. The van der Waals surface area contributed by atoms with Crippen molar-refractivity contribution in [2.75, 3.05) is 16.8 Å². The number of nitrogens with zero attached hydrogens (tertiary/aromatic N) is 4. The number of aromatic nitrogens is 2. The van der Waals surface area contributed by atoms with Crippen LogP contribution >= 0.6 is 22.9 Å². The normalized spacial score (nSPS) is 15.9. The monoisotopic (exact) mass is 457 g/mol. The third-order valence-corrected chi connectivity index (χ3v) is 6.18. The summed E-state index contributed by atoms with van der Waals surface area (Å²) in [7, 11) is 0. The number of amides is 2. The Morgan fingerprint density at radius 1 is 1.26 bits per heavy atom. The standard InChI is InChI=1S/C20H16ClN5O4S/c1-11-8-12(2-7-16(11)26(29)30)18(28)22-20-24-23-19(31-20)13-9-17(27)25(10-13)15-5-3-14(21)4-6-15/h2-8,13H,9-10H2,1H3,(H,22,24,28). The highest BCUT2D eigenvalue weighted by molar-refractivity contribution is 7.15. The van der Waals surface area contributed by atoms with Gasteiger partial charge in [-0.15, -0.1) is 10.2 Å². The van der Waals surface area contributed by atoms with Crippen LogP contribution in [0.25, 0.3) is 0 Å². The molecule has 1 aliphatic rings. The van der Waals surface area contributed by atoms with E-state index in [1.165, 1.54) is 29.5 Å². The lowest BCUT2D eigenvalue weighted by atomic mass is 10.1. The molecule has 0 bridgehead atoms. The number of aryl methyl sites for hydroxylation is 1. The molecule has 0 spiro atoms. The fraction of sp³-hybridized carbons (Fsp3) is 0.200. The molecule has 0 radical (unpaired) electrons. The number of hydrogen-bond donors (Lipinski definition) is 1. The molecule has 11 heteroatoms. The average Bonchev–Trinajstić information content (AvgIpc) is 3.35. The zero-order chi connectivity index (χ0) is 22.1. The summed E-state index contributed by atoms with van der Waals surface area (Å²) in [6.45, 7) is 2.03. The van der Waals surface area contributed by atoms with Crippen LogP contribution in [0.3, 0.4) is 0 Å². The lowest BCUT2D eigenvalue weighted by Crippen LogP contribution is -2.24. The van der Waals surface area contributed by atoms with Gasteiger partial charge in [0.25, 0.3) is 11.6 Å². The van der Waals surface area contributed by atoms with Crippen molar-refractivity contribution < 1.29 is 14.5 Å². The summed E-state index contributed by atoms with van der Waals surface area (Å²) in [6.07, 6.45) is 0.298. The summed E-state index contributed by atoms with van der Waals surface area (Å²) in [6, 6.07) is 11.2. The van der Waals surface area contributed by atoms with E-state index in [9.17, 15) is 19.7 Å². The molecule has 2 aromatic carbocycles. The molecule has 4 rings (SSSR count). The van der Waals surface area contributed by atoms with Crippen LogP contribution in [0.2, 0.25) is 5.02 Å². The molecule has 1 unspecified atom stereocenters. The molecular weight excluding hydrogens is 442 g/mol. The highest BCUT2D eigenvalue weighted by Gasteiger charge is 2.34. The largest absolute Gasteiger partial charge is 0.312 e. The van der Waals surface area contributed by atoms with Gasteiger partial charge in [-0.2, -0.15) is 0 Å². The fourth-order valence-corrected chi connectivity index (χ4v) is 4.32. The minimum atomic E-state index is -0.496. The maximum absolute atomic E-state index is 12.5. The minimum Gasteiger partial charge on any atom is -0.312 e. The summed E-state index contributed by atoms with van der Waals surface area (Å²) < 4.78 is 0. The molecule has 3 aromatic rings. The third kappa shape index (κ3) is 4.39. The van der Waals surface area contributed by atoms with Crippen molar-refractivity contribution in [2.24, 2.45) is 0 Å². The molecule has 0 aliphatic carbocycles. The van der Waals surface area contributed by atoms with Crippen LogP contribution in [-0.2, 0) is 4.79 Å². The van der Waals surface area contributed by atoms with Gasteiger partial charge in [0.2, 0.25) is 11.0 Å². The second-order valence-electron chi connectivity index (χ2n) is 7.04. The Balaban J connectivity index is 1.44. The molecule has 2 heterocycles. The van der Waals surface area contributed by atoms with Gasteiger partial charge in [0, 0.05) is 46.8 Å². The molecule has 1 aromatic heterocycles. The Hall–Kier alpha value is -3.37. The van der Waals surface area contributed by atoms with E-state index in [1.54, 1.807) is 36.1 Å². The van der Waals surface area contributed by atoms with Crippen LogP contribution in [0, 0.1) is 17.0 Å². The SMILES string of the molecule is Cc1cc(C(=O)Nc2nnc(C3CC(=O)N(c4ccc(Cl)cc4)C3)s2)ccc1[N+](=O)[O-]. The number of halogens is 1. The fourth-order valence-electron chi connectivity index (χ4n) is 3.36. The maximum Gasteiger partial charge on any atom is 0.272 e. The van der Waals surface area contributed by atoms with Gasteiger partial charge in [0.15, 0.2) is 0 Å². The number of rotatable bonds is 5. The molecule has 2 amide bonds. The van der Waals surface area contributed by atoms with E-state index in [4.69, 9.17) is 11.6 Å². The Bertz CT molecular complexity index is 1180. The van der Waals surface area contributed by atoms with Crippen LogP contribution in [0.15, 0.2) is 42.5 Å². The molecule has 1 saturated heterocycles. The lowest BCUT2D eigenvalue weighted by Gasteiger charge is -2.16. The quantitative estimate of drug-likeness (QED) is 0.453. The van der Waals surface area contributed by atoms with Crippen molar-refractivity contribution in [3.63, 3.8) is 0 Å². The lowest BCUT2D eigenvalue weighted by molar-refractivity contribution is -0.385. The molecule has 158 valence electrons. The smallest absolute Gasteiger partial charge is 0.272 e. The Labute approximate surface area is 185 Å². The molecule has 31 heavy (non-hydrogen) atoms. The van der Waals surface area contributed by atoms with Crippen LogP contribution in [-0.4, -0.2) is 33.5 Å². The van der Waals surface area contributed by atoms with Crippen LogP contribution in [0.5, 0.6) is 0 Å². The Morgan fingerprint density at radius 3 is 2.68 bits per heavy atom. The highest BCUT2D eigenvalue weighted by atomic mass is 35.5. The van der Waals surface area contributed by atoms with E-state index in [2.05, 4.69) is 15.5 Å². The number of carbonyl (C=O) groups excluding carboxylic acids is 2. The van der Waals surface area contributed by atoms with E-state index < -0.39 is 10.8 Å². The van der Waals surface area contributed by atoms with Crippen molar-refractivity contribution >= 4 is 51.3 Å². The van der Waals surface area contributed by atoms with E-state index in [0.717, 1.165) is 5.69 Å². The number of hydrogen-bond acceptors (Lipinski definition) is 7. The zero-order valence-electron chi connectivity index (χ0n) is 16.2. The number of nitro benzene ring substituents is 1. The Morgan fingerprint density at radius 2 is 2.00 bits per heavy atom. The van der Waals surface area contributed by atoms with Crippen molar-refractivity contribution in [3.8, 4) is 0 Å². The summed E-state index contributed by atoms with van der Waals surface area (Å²) in [5.41, 5.74) is 1.39. The maximum atomic E-state index is 12.5. The first-order valence-corrected chi connectivity index (χ1v) is 10.5. The van der Waals surface area contributed by atoms with Gasteiger partial charge < -0.3 is 4.90 Å². The second kappa shape index (κ2) is 8.40. The number of carbonyl (C=O) groups is 2. The Kier molecular flexibility index (Phi) is 5.66. The first-order chi connectivity index (χ1) is 14.8.